The number of hydrogen-bond acceptors (Lipinski definition) is 18. The van der Waals surface area contributed by atoms with Crippen molar-refractivity contribution in [2.45, 2.75) is 304 Å². The van der Waals surface area contributed by atoms with Crippen LogP contribution < -0.4 is 5.32 Å². The molecule has 3 aliphatic rings. The van der Waals surface area contributed by atoms with Crippen LogP contribution in [0, 0.1) is 0 Å². The molecule has 19 nitrogen and oxygen atoms in total. The highest BCUT2D eigenvalue weighted by Crippen LogP contribution is 2.33. The second-order valence-corrected chi connectivity index (χ2v) is 20.8. The van der Waals surface area contributed by atoms with Crippen molar-refractivity contribution in [2.24, 2.45) is 0 Å². The van der Waals surface area contributed by atoms with Gasteiger partial charge in [-0.15, -0.1) is 0 Å². The van der Waals surface area contributed by atoms with Crippen LogP contribution in [0.15, 0.2) is 0 Å². The molecule has 0 saturated carbocycles. The first kappa shape index (κ1) is 65.1. The monoisotopic (exact) mass is 1040 g/mol. The highest BCUT2D eigenvalue weighted by molar-refractivity contribution is 5.76. The minimum atomic E-state index is -1.97. The molecule has 72 heavy (non-hydrogen) atoms. The highest BCUT2D eigenvalue weighted by Gasteiger charge is 2.53. The largest absolute Gasteiger partial charge is 0.394 e. The average Bonchev–Trinajstić information content (AvgIpc) is 3.37. The van der Waals surface area contributed by atoms with Crippen molar-refractivity contribution >= 4 is 5.91 Å². The maximum atomic E-state index is 12.7. The Morgan fingerprint density at radius 1 is 0.444 bits per heavy atom. The summed E-state index contributed by atoms with van der Waals surface area (Å²) in [4.78, 5) is 12.7. The van der Waals surface area contributed by atoms with Gasteiger partial charge < -0.3 is 89.9 Å². The third-order valence-corrected chi connectivity index (χ3v) is 14.7. The number of carbonyl (C=O) groups excluding carboxylic acids is 1. The summed E-state index contributed by atoms with van der Waals surface area (Å²) in [6, 6.07) is -0.876. The Labute approximate surface area is 430 Å². The fourth-order valence-electron chi connectivity index (χ4n) is 10.0. The Kier molecular flexibility index (Phi) is 34.7. The molecule has 3 fully saturated rings. The summed E-state index contributed by atoms with van der Waals surface area (Å²) in [7, 11) is 0. The van der Waals surface area contributed by atoms with E-state index >= 15 is 0 Å². The molecule has 17 atom stereocenters. The molecular formula is C53H101NO18. The minimum Gasteiger partial charge on any atom is -0.394 e. The van der Waals surface area contributed by atoms with Crippen LogP contribution in [0.3, 0.4) is 0 Å². The average molecular weight is 1040 g/mol. The van der Waals surface area contributed by atoms with Gasteiger partial charge in [-0.25, -0.2) is 0 Å². The Bertz CT molecular complexity index is 1340. The van der Waals surface area contributed by atoms with Crippen molar-refractivity contribution in [1.82, 2.24) is 5.32 Å². The summed E-state index contributed by atoms with van der Waals surface area (Å²) in [5.74, 6) is -0.294. The normalized spacial score (nSPS) is 31.9. The third kappa shape index (κ3) is 23.2. The molecular weight excluding hydrogens is 939 g/mol. The van der Waals surface area contributed by atoms with Gasteiger partial charge in [-0.05, 0) is 12.8 Å². The van der Waals surface area contributed by atoms with E-state index in [-0.39, 0.29) is 18.9 Å². The van der Waals surface area contributed by atoms with E-state index in [2.05, 4.69) is 12.2 Å². The second kappa shape index (κ2) is 38.4. The molecule has 17 unspecified atom stereocenters. The molecule has 19 heteroatoms. The first-order valence-electron chi connectivity index (χ1n) is 28.3. The quantitative estimate of drug-likeness (QED) is 0.0389. The number of hydrogen-bond donors (Lipinski definition) is 12. The summed E-state index contributed by atoms with van der Waals surface area (Å²) >= 11 is 0. The van der Waals surface area contributed by atoms with E-state index in [0.29, 0.717) is 12.8 Å². The molecule has 0 aliphatic carbocycles. The predicted octanol–water partition coefficient (Wildman–Crippen LogP) is 3.65. The lowest BCUT2D eigenvalue weighted by atomic mass is 9.96. The molecule has 0 bridgehead atoms. The number of aliphatic hydroxyl groups is 11. The zero-order valence-corrected chi connectivity index (χ0v) is 43.9. The number of ether oxygens (including phenoxy) is 6. The first-order chi connectivity index (χ1) is 34.8. The summed E-state index contributed by atoms with van der Waals surface area (Å²) in [6.07, 6.45) is 8.56. The summed E-state index contributed by atoms with van der Waals surface area (Å²) in [6.45, 7) is 1.42. The topological polar surface area (TPSA) is 307 Å². The van der Waals surface area contributed by atoms with E-state index in [9.17, 15) is 61.0 Å². The van der Waals surface area contributed by atoms with Gasteiger partial charge in [0.25, 0.3) is 0 Å². The standard InChI is InChI=1S/C53H101NO18/c1-3-5-6-7-8-9-10-11-12-13-14-15-16-17-18-19-20-21-22-23-24-25-26-27-28-29-31-37(58)36(54-41(59)30-4-2)35-67-51-47(65)44(62)49(39(33-56)69-51)72-53-48(66)45(63)50(40(34-57)70-53)71-52-46(64)43(61)42(60)38(32-55)68-52/h36-40,42-53,55-58,60-66H,3-35H2,1-2H3,(H,54,59). The van der Waals surface area contributed by atoms with Gasteiger partial charge in [-0.3, -0.25) is 4.79 Å². The Hall–Kier alpha value is -1.21. The number of rotatable bonds is 41. The fraction of sp³-hybridized carbons (Fsp3) is 0.981. The van der Waals surface area contributed by atoms with Gasteiger partial charge in [0.05, 0.1) is 38.6 Å². The van der Waals surface area contributed by atoms with Gasteiger partial charge in [0, 0.05) is 6.42 Å². The lowest BCUT2D eigenvalue weighted by Gasteiger charge is -2.48. The van der Waals surface area contributed by atoms with Crippen LogP contribution >= 0.6 is 0 Å². The van der Waals surface area contributed by atoms with Crippen LogP contribution in [-0.4, -0.2) is 193 Å². The molecule has 3 saturated heterocycles. The van der Waals surface area contributed by atoms with Gasteiger partial charge in [0.1, 0.15) is 73.2 Å². The molecule has 3 rings (SSSR count). The van der Waals surface area contributed by atoms with Crippen molar-refractivity contribution in [1.29, 1.82) is 0 Å². The molecule has 0 spiro atoms. The number of aliphatic hydroxyl groups excluding tert-OH is 11. The maximum Gasteiger partial charge on any atom is 0.220 e. The maximum absolute atomic E-state index is 12.7. The van der Waals surface area contributed by atoms with E-state index in [1.165, 1.54) is 141 Å². The molecule has 12 N–H and O–H groups in total. The van der Waals surface area contributed by atoms with E-state index < -0.39 is 124 Å². The molecule has 0 aromatic rings. The van der Waals surface area contributed by atoms with Gasteiger partial charge in [-0.1, -0.05) is 181 Å². The number of amides is 1. The fourth-order valence-corrected chi connectivity index (χ4v) is 10.0. The molecule has 1 amide bonds. The Morgan fingerprint density at radius 2 is 0.792 bits per heavy atom. The minimum absolute atomic E-state index is 0.219. The second-order valence-electron chi connectivity index (χ2n) is 20.8. The Morgan fingerprint density at radius 3 is 1.18 bits per heavy atom. The molecule has 0 radical (unpaired) electrons. The molecule has 3 heterocycles. The van der Waals surface area contributed by atoms with E-state index in [4.69, 9.17) is 28.4 Å². The van der Waals surface area contributed by atoms with Crippen molar-refractivity contribution < 1.29 is 89.4 Å². The Balaban J connectivity index is 1.31. The lowest BCUT2D eigenvalue weighted by molar-refractivity contribution is -0.379. The van der Waals surface area contributed by atoms with Crippen LogP contribution in [0.25, 0.3) is 0 Å². The molecule has 0 aromatic heterocycles. The predicted molar refractivity (Wildman–Crippen MR) is 268 cm³/mol. The zero-order chi connectivity index (χ0) is 52.7. The van der Waals surface area contributed by atoms with Gasteiger partial charge in [0.2, 0.25) is 5.91 Å². The SMILES string of the molecule is CCCCCCCCCCCCCCCCCCCCCCCCCCCCC(O)C(COC1OC(CO)C(OC2OC(CO)C(OC3OC(CO)C(O)C(O)C3O)C(O)C2O)C(O)C1O)NC(=O)CCC. The van der Waals surface area contributed by atoms with Crippen molar-refractivity contribution in [2.75, 3.05) is 26.4 Å². The smallest absolute Gasteiger partial charge is 0.220 e. The zero-order valence-electron chi connectivity index (χ0n) is 43.9. The van der Waals surface area contributed by atoms with Crippen LogP contribution in [-0.2, 0) is 33.2 Å². The number of nitrogens with one attached hydrogen (secondary N) is 1. The molecule has 0 aromatic carbocycles. The lowest BCUT2D eigenvalue weighted by Crippen LogP contribution is -2.66. The molecule has 3 aliphatic heterocycles. The van der Waals surface area contributed by atoms with E-state index in [1.54, 1.807) is 0 Å². The van der Waals surface area contributed by atoms with E-state index in [0.717, 1.165) is 25.7 Å². The molecule has 426 valence electrons. The summed E-state index contributed by atoms with van der Waals surface area (Å²) < 4.78 is 33.9. The van der Waals surface area contributed by atoms with Crippen LogP contribution in [0.1, 0.15) is 200 Å². The number of carbonyl (C=O) groups is 1. The summed E-state index contributed by atoms with van der Waals surface area (Å²) in [5.41, 5.74) is 0. The van der Waals surface area contributed by atoms with Crippen LogP contribution in [0.4, 0.5) is 0 Å². The van der Waals surface area contributed by atoms with Crippen LogP contribution in [0.5, 0.6) is 0 Å². The van der Waals surface area contributed by atoms with Crippen molar-refractivity contribution in [3.8, 4) is 0 Å². The number of unbranched alkanes of at least 4 members (excludes halogenated alkanes) is 25. The van der Waals surface area contributed by atoms with Crippen molar-refractivity contribution in [3.63, 3.8) is 0 Å². The van der Waals surface area contributed by atoms with E-state index in [1.807, 2.05) is 6.92 Å². The third-order valence-electron chi connectivity index (χ3n) is 14.7. The summed E-state index contributed by atoms with van der Waals surface area (Å²) in [5, 5.41) is 119. The van der Waals surface area contributed by atoms with Gasteiger partial charge in [0.15, 0.2) is 18.9 Å². The first-order valence-corrected chi connectivity index (χ1v) is 28.3. The van der Waals surface area contributed by atoms with Crippen LogP contribution in [0.2, 0.25) is 0 Å². The van der Waals surface area contributed by atoms with Gasteiger partial charge >= 0.3 is 0 Å². The van der Waals surface area contributed by atoms with Gasteiger partial charge in [-0.2, -0.15) is 0 Å². The highest BCUT2D eigenvalue weighted by atomic mass is 16.8. The van der Waals surface area contributed by atoms with Crippen molar-refractivity contribution in [3.05, 3.63) is 0 Å².